The van der Waals surface area contributed by atoms with Gasteiger partial charge < -0.3 is 4.74 Å². The highest BCUT2D eigenvalue weighted by Crippen LogP contribution is 2.51. The Bertz CT molecular complexity index is 848. The molecule has 0 aliphatic rings. The Labute approximate surface area is 172 Å². The highest BCUT2D eigenvalue weighted by molar-refractivity contribution is 7.48. The summed E-state index contributed by atoms with van der Waals surface area (Å²) in [6.45, 7) is 15.1. The molecule has 0 heterocycles. The molecule has 2 atom stereocenters. The van der Waals surface area contributed by atoms with Crippen molar-refractivity contribution in [1.29, 1.82) is 0 Å². The lowest BCUT2D eigenvalue weighted by molar-refractivity contribution is 0.101. The second-order valence-electron chi connectivity index (χ2n) is 8.95. The predicted molar refractivity (Wildman–Crippen MR) is 123 cm³/mol. The van der Waals surface area contributed by atoms with E-state index in [1.165, 1.54) is 16.7 Å². The molecule has 3 heteroatoms. The van der Waals surface area contributed by atoms with Crippen LogP contribution in [0, 0.1) is 6.92 Å². The van der Waals surface area contributed by atoms with Crippen LogP contribution in [-0.4, -0.2) is 12.9 Å². The summed E-state index contributed by atoms with van der Waals surface area (Å²) in [5.41, 5.74) is 4.61. The van der Waals surface area contributed by atoms with Crippen LogP contribution in [0.1, 0.15) is 81.4 Å². The van der Waals surface area contributed by atoms with Gasteiger partial charge in [0.2, 0.25) is 0 Å². The second-order valence-corrected chi connectivity index (χ2v) is 10.8. The fourth-order valence-corrected chi connectivity index (χ4v) is 5.78. The number of carbonyl (C=O) groups is 1. The largest absolute Gasteiger partial charge is 0.496 e. The lowest BCUT2D eigenvalue weighted by Gasteiger charge is -2.35. The van der Waals surface area contributed by atoms with Crippen LogP contribution in [0.2, 0.25) is 0 Å². The van der Waals surface area contributed by atoms with Gasteiger partial charge in [-0.25, -0.2) is 0 Å². The number of hydrogen-bond acceptors (Lipinski definition) is 2. The third-order valence-electron chi connectivity index (χ3n) is 5.31. The molecule has 0 spiro atoms. The number of rotatable bonds is 7. The zero-order valence-electron chi connectivity index (χ0n) is 18.7. The van der Waals surface area contributed by atoms with Crippen LogP contribution < -0.4 is 10.0 Å². The zero-order chi connectivity index (χ0) is 21.1. The molecule has 0 aliphatic carbocycles. The van der Waals surface area contributed by atoms with Gasteiger partial charge >= 0.3 is 0 Å². The minimum atomic E-state index is -0.0856. The van der Waals surface area contributed by atoms with Gasteiger partial charge in [-0.2, -0.15) is 0 Å². The van der Waals surface area contributed by atoms with Crippen LogP contribution in [0.25, 0.3) is 0 Å². The Kier molecular flexibility index (Phi) is 7.10. The lowest BCUT2D eigenvalue weighted by Crippen LogP contribution is -2.24. The third-order valence-corrected chi connectivity index (χ3v) is 7.08. The monoisotopic (exact) mass is 398 g/mol. The molecule has 2 nitrogen and oxygen atoms in total. The summed E-state index contributed by atoms with van der Waals surface area (Å²) in [4.78, 5) is 12.2. The Morgan fingerprint density at radius 1 is 1.07 bits per heavy atom. The van der Waals surface area contributed by atoms with Gasteiger partial charge in [0, 0.05) is 21.8 Å². The number of Topliss-reactive ketones (excluding diaryl/α,β-unsaturated/α-hetero) is 1. The van der Waals surface area contributed by atoms with E-state index in [4.69, 9.17) is 4.74 Å². The molecule has 2 aromatic rings. The highest BCUT2D eigenvalue weighted by Gasteiger charge is 2.33. The predicted octanol–water partition coefficient (Wildman–Crippen LogP) is 6.52. The van der Waals surface area contributed by atoms with Crippen LogP contribution in [0.4, 0.5) is 0 Å². The van der Waals surface area contributed by atoms with Crippen molar-refractivity contribution in [1.82, 2.24) is 0 Å². The molecule has 0 radical (unpaired) electrons. The van der Waals surface area contributed by atoms with Crippen molar-refractivity contribution < 1.29 is 9.53 Å². The molecule has 28 heavy (non-hydrogen) atoms. The number of ketones is 1. The number of ether oxygens (including phenoxy) is 1. The van der Waals surface area contributed by atoms with E-state index in [1.807, 2.05) is 18.2 Å². The molecule has 2 rings (SSSR count). The third kappa shape index (κ3) is 4.84. The first kappa shape index (κ1) is 22.6. The summed E-state index contributed by atoms with van der Waals surface area (Å²) in [5.74, 6) is 1.13. The molecule has 0 N–H and O–H groups in total. The van der Waals surface area contributed by atoms with Crippen LogP contribution in [0.15, 0.2) is 36.4 Å². The lowest BCUT2D eigenvalue weighted by atomic mass is 9.81. The number of aryl methyl sites for hydroxylation is 1. The van der Waals surface area contributed by atoms with Gasteiger partial charge in [-0.1, -0.05) is 91.6 Å². The fourth-order valence-electron chi connectivity index (χ4n) is 3.92. The molecular formula is C25H35O2P. The molecule has 0 amide bonds. The van der Waals surface area contributed by atoms with Gasteiger partial charge in [-0.3, -0.25) is 4.79 Å². The van der Waals surface area contributed by atoms with E-state index in [2.05, 4.69) is 59.7 Å². The number of benzene rings is 2. The molecule has 0 saturated heterocycles. The van der Waals surface area contributed by atoms with E-state index in [0.29, 0.717) is 8.58 Å². The molecule has 0 bridgehead atoms. The molecule has 0 saturated carbocycles. The summed E-state index contributed by atoms with van der Waals surface area (Å²) < 4.78 is 6.00. The van der Waals surface area contributed by atoms with Crippen molar-refractivity contribution in [2.24, 2.45) is 0 Å². The maximum Gasteiger partial charge on any atom is 0.160 e. The van der Waals surface area contributed by atoms with Gasteiger partial charge in [0.1, 0.15) is 5.75 Å². The van der Waals surface area contributed by atoms with E-state index < -0.39 is 0 Å². The number of hydrogen-bond donors (Lipinski definition) is 0. The highest BCUT2D eigenvalue weighted by atomic mass is 31.1. The Morgan fingerprint density at radius 3 is 2.21 bits per heavy atom. The fraction of sp³-hybridized carbons (Fsp3) is 0.480. The maximum atomic E-state index is 12.2. The van der Waals surface area contributed by atoms with E-state index in [9.17, 15) is 4.79 Å². The number of carbonyl (C=O) groups excluding carboxylic acids is 1. The SMILES string of the molecule is CCCC(C)(Pc1ccccc1C(C)=O)c1cc(C)cc(C(C)(C)C)c1OC. The van der Waals surface area contributed by atoms with Crippen LogP contribution >= 0.6 is 8.58 Å². The van der Waals surface area contributed by atoms with Gasteiger partial charge in [-0.15, -0.1) is 0 Å². The first-order valence-corrected chi connectivity index (χ1v) is 11.1. The van der Waals surface area contributed by atoms with Crippen LogP contribution in [0.3, 0.4) is 0 Å². The minimum Gasteiger partial charge on any atom is -0.496 e. The summed E-state index contributed by atoms with van der Waals surface area (Å²) >= 11 is 0. The van der Waals surface area contributed by atoms with Gasteiger partial charge in [0.15, 0.2) is 5.78 Å². The van der Waals surface area contributed by atoms with E-state index in [1.54, 1.807) is 14.0 Å². The van der Waals surface area contributed by atoms with E-state index in [-0.39, 0.29) is 16.4 Å². The zero-order valence-corrected chi connectivity index (χ0v) is 19.7. The standard InChI is InChI=1S/C25H35O2P/c1-9-14-25(7,28-22-13-11-10-12-19(22)18(3)26)21-16-17(2)15-20(23(21)27-8)24(4,5)6/h10-13,15-16,28H,9,14H2,1-8H3. The minimum absolute atomic E-state index is 0.000356. The molecule has 0 aromatic heterocycles. The quantitative estimate of drug-likeness (QED) is 0.392. The average molecular weight is 399 g/mol. The Morgan fingerprint density at radius 2 is 1.68 bits per heavy atom. The molecular weight excluding hydrogens is 363 g/mol. The van der Waals surface area contributed by atoms with Crippen molar-refractivity contribution in [3.63, 3.8) is 0 Å². The van der Waals surface area contributed by atoms with Crippen molar-refractivity contribution in [3.05, 3.63) is 58.7 Å². The van der Waals surface area contributed by atoms with Crippen molar-refractivity contribution in [3.8, 4) is 5.75 Å². The maximum absolute atomic E-state index is 12.2. The summed E-state index contributed by atoms with van der Waals surface area (Å²) in [6.07, 6.45) is 2.12. The Balaban J connectivity index is 2.69. The molecule has 2 aromatic carbocycles. The topological polar surface area (TPSA) is 26.3 Å². The number of methoxy groups -OCH3 is 1. The average Bonchev–Trinajstić information content (AvgIpc) is 2.60. The van der Waals surface area contributed by atoms with Crippen molar-refractivity contribution in [2.75, 3.05) is 7.11 Å². The van der Waals surface area contributed by atoms with Crippen LogP contribution in [0.5, 0.6) is 5.75 Å². The van der Waals surface area contributed by atoms with Crippen molar-refractivity contribution in [2.45, 2.75) is 71.9 Å². The van der Waals surface area contributed by atoms with Gasteiger partial charge in [0.05, 0.1) is 7.11 Å². The smallest absolute Gasteiger partial charge is 0.160 e. The molecule has 0 fully saturated rings. The first-order valence-electron chi connectivity index (χ1n) is 10.1. The summed E-state index contributed by atoms with van der Waals surface area (Å²) in [6, 6.07) is 12.6. The molecule has 0 aliphatic heterocycles. The van der Waals surface area contributed by atoms with Gasteiger partial charge in [0.25, 0.3) is 0 Å². The Hall–Kier alpha value is -1.66. The summed E-state index contributed by atoms with van der Waals surface area (Å²) in [5, 5.41) is 1.06. The van der Waals surface area contributed by atoms with E-state index >= 15 is 0 Å². The van der Waals surface area contributed by atoms with E-state index in [0.717, 1.165) is 29.5 Å². The first-order chi connectivity index (χ1) is 13.0. The van der Waals surface area contributed by atoms with Crippen LogP contribution in [-0.2, 0) is 10.6 Å². The van der Waals surface area contributed by atoms with Gasteiger partial charge in [-0.05, 0) is 31.0 Å². The summed E-state index contributed by atoms with van der Waals surface area (Å²) in [7, 11) is 2.28. The molecule has 152 valence electrons. The second kappa shape index (κ2) is 8.78. The van der Waals surface area contributed by atoms with Crippen molar-refractivity contribution >= 4 is 19.7 Å². The normalized spacial score (nSPS) is 14.3. The molecule has 2 unspecified atom stereocenters.